The maximum Gasteiger partial charge on any atom is 1.00 e. The number of hydrogen-bond acceptors (Lipinski definition) is 6. The number of sulfonamides is 2. The van der Waals surface area contributed by atoms with Gasteiger partial charge in [-0.15, -0.1) is 0 Å². The van der Waals surface area contributed by atoms with E-state index >= 15 is 0 Å². The Balaban J connectivity index is 0.00000441. The van der Waals surface area contributed by atoms with E-state index in [1.54, 1.807) is 0 Å². The van der Waals surface area contributed by atoms with E-state index in [9.17, 15) is 39.6 Å². The van der Waals surface area contributed by atoms with E-state index in [1.165, 1.54) is 0 Å². The molecule has 120 valence electrons. The fourth-order valence-corrected chi connectivity index (χ4v) is 3.61. The molecule has 14 heteroatoms. The Morgan fingerprint density at radius 2 is 1.50 bits per heavy atom. The van der Waals surface area contributed by atoms with Crippen LogP contribution >= 0.6 is 0 Å². The molecule has 0 aromatic heterocycles. The predicted octanol–water partition coefficient (Wildman–Crippen LogP) is -3.14. The second kappa shape index (κ2) is 7.13. The van der Waals surface area contributed by atoms with Crippen LogP contribution in [-0.4, -0.2) is 51.4 Å². The first-order chi connectivity index (χ1) is 9.36. The van der Waals surface area contributed by atoms with E-state index < -0.39 is 49.5 Å². The number of carbonyl (C=O) groups excluding carboxylic acids is 2. The molecule has 8 nitrogen and oxygen atoms in total. The summed E-state index contributed by atoms with van der Waals surface area (Å²) in [6.07, 6.45) is 1.43. The van der Waals surface area contributed by atoms with Crippen LogP contribution in [0, 0.1) is 0 Å². The van der Waals surface area contributed by atoms with Gasteiger partial charge in [-0.2, -0.15) is 13.2 Å². The molecule has 0 spiro atoms. The van der Waals surface area contributed by atoms with Crippen molar-refractivity contribution in [2.24, 2.45) is 0 Å². The molecule has 1 rings (SSSR count). The van der Waals surface area contributed by atoms with E-state index in [2.05, 4.69) is 0 Å². The zero-order valence-corrected chi connectivity index (χ0v) is 12.7. The first kappa shape index (κ1) is 21.1. The van der Waals surface area contributed by atoms with Crippen molar-refractivity contribution in [3.63, 3.8) is 0 Å². The number of carbonyl (C=O) groups is 2. The van der Waals surface area contributed by atoms with Gasteiger partial charge in [-0.3, -0.25) is 14.5 Å². The average Bonchev–Trinajstić information content (AvgIpc) is 2.57. The van der Waals surface area contributed by atoms with Crippen molar-refractivity contribution in [1.29, 1.82) is 0 Å². The number of nitrogens with zero attached hydrogens (tertiary/aromatic N) is 2. The molecule has 0 saturated carbocycles. The molecule has 1 aliphatic heterocycles. The SMILES string of the molecule is O=C1C=CC(=O)N1CCCS(=O)(=O)[N-]S(=O)(=O)C(F)(F)F.[Li+]. The van der Waals surface area contributed by atoms with E-state index in [0.717, 1.165) is 12.2 Å². The topological polar surface area (TPSA) is 120 Å². The molecule has 0 unspecified atom stereocenters. The van der Waals surface area contributed by atoms with Crippen LogP contribution in [0.3, 0.4) is 0 Å². The Kier molecular flexibility index (Phi) is 6.85. The van der Waals surface area contributed by atoms with Gasteiger partial charge in [0, 0.05) is 24.4 Å². The van der Waals surface area contributed by atoms with Crippen LogP contribution in [0.25, 0.3) is 4.13 Å². The summed E-state index contributed by atoms with van der Waals surface area (Å²) in [4.78, 5) is 22.9. The van der Waals surface area contributed by atoms with Gasteiger partial charge in [0.15, 0.2) is 10.0 Å². The van der Waals surface area contributed by atoms with Gasteiger partial charge in [-0.05, 0) is 6.42 Å². The van der Waals surface area contributed by atoms with Crippen molar-refractivity contribution in [2.75, 3.05) is 12.3 Å². The van der Waals surface area contributed by atoms with Crippen LogP contribution < -0.4 is 18.9 Å². The third-order valence-corrected chi connectivity index (χ3v) is 5.27. The standard InChI is InChI=1S/C8H8F3N2O6S2.Li/c9-8(10,11)21(18,19)12-20(16,17)5-1-4-13-6(14)2-3-7(13)15;/h2-3H,1,4-5H2;/q-1;+1. The second-order valence-corrected chi connectivity index (χ2v) is 7.38. The minimum atomic E-state index is -6.15. The molecule has 2 amide bonds. The van der Waals surface area contributed by atoms with Crippen LogP contribution in [0.5, 0.6) is 0 Å². The summed E-state index contributed by atoms with van der Waals surface area (Å²) >= 11 is 0. The summed E-state index contributed by atoms with van der Waals surface area (Å²) in [6, 6.07) is 0. The van der Waals surface area contributed by atoms with E-state index in [4.69, 9.17) is 0 Å². The largest absolute Gasteiger partial charge is 1.00 e. The average molecular weight is 356 g/mol. The summed E-state index contributed by atoms with van der Waals surface area (Å²) < 4.78 is 81.3. The molecular weight excluding hydrogens is 348 g/mol. The molecule has 0 N–H and O–H groups in total. The normalized spacial score (nSPS) is 16.0. The van der Waals surface area contributed by atoms with Crippen LogP contribution in [0.15, 0.2) is 12.2 Å². The summed E-state index contributed by atoms with van der Waals surface area (Å²) in [5.74, 6) is -2.45. The van der Waals surface area contributed by atoms with Crippen LogP contribution in [0.1, 0.15) is 6.42 Å². The fourth-order valence-electron chi connectivity index (χ4n) is 1.29. The van der Waals surface area contributed by atoms with Gasteiger partial charge in [-0.1, -0.05) is 0 Å². The molecule has 0 fully saturated rings. The summed E-state index contributed by atoms with van der Waals surface area (Å²) in [5.41, 5.74) is -5.81. The third-order valence-electron chi connectivity index (χ3n) is 2.19. The van der Waals surface area contributed by atoms with Crippen LogP contribution in [0.2, 0.25) is 0 Å². The van der Waals surface area contributed by atoms with E-state index in [1.807, 2.05) is 4.13 Å². The van der Waals surface area contributed by atoms with Gasteiger partial charge in [0.05, 0.1) is 10.0 Å². The molecule has 0 aromatic carbocycles. The number of amides is 2. The number of rotatable bonds is 6. The second-order valence-electron chi connectivity index (χ2n) is 3.80. The third kappa shape index (κ3) is 5.40. The summed E-state index contributed by atoms with van der Waals surface area (Å²) in [5, 5.41) is 0. The van der Waals surface area contributed by atoms with E-state index in [-0.39, 0.29) is 25.4 Å². The number of alkyl halides is 3. The molecule has 1 aliphatic rings. The molecule has 1 heterocycles. The van der Waals surface area contributed by atoms with Crippen molar-refractivity contribution >= 4 is 31.9 Å². The molecule has 0 atom stereocenters. The number of halogens is 3. The molecule has 0 bridgehead atoms. The summed E-state index contributed by atoms with van der Waals surface area (Å²) in [7, 11) is -11.1. The fraction of sp³-hybridized carbons (Fsp3) is 0.500. The van der Waals surface area contributed by atoms with Gasteiger partial charge in [0.1, 0.15) is 0 Å². The predicted molar refractivity (Wildman–Crippen MR) is 62.6 cm³/mol. The van der Waals surface area contributed by atoms with Crippen molar-refractivity contribution < 1.29 is 58.5 Å². The minimum Gasteiger partial charge on any atom is -0.428 e. The van der Waals surface area contributed by atoms with Gasteiger partial charge >= 0.3 is 24.4 Å². The zero-order chi connectivity index (χ0) is 16.5. The van der Waals surface area contributed by atoms with Gasteiger partial charge in [0.25, 0.3) is 11.8 Å². The van der Waals surface area contributed by atoms with Gasteiger partial charge in [-0.25, -0.2) is 16.8 Å². The van der Waals surface area contributed by atoms with E-state index in [0.29, 0.717) is 4.90 Å². The molecular formula is C8H8F3LiN2O6S2. The van der Waals surface area contributed by atoms with Crippen molar-refractivity contribution in [3.8, 4) is 0 Å². The van der Waals surface area contributed by atoms with Crippen molar-refractivity contribution in [2.45, 2.75) is 11.9 Å². The number of imide groups is 1. The molecule has 0 aliphatic carbocycles. The molecule has 0 radical (unpaired) electrons. The number of hydrogen-bond donors (Lipinski definition) is 0. The zero-order valence-electron chi connectivity index (χ0n) is 11.1. The smallest absolute Gasteiger partial charge is 0.428 e. The maximum absolute atomic E-state index is 12.0. The molecule has 0 aromatic rings. The first-order valence-electron chi connectivity index (χ1n) is 5.17. The Morgan fingerprint density at radius 3 is 1.91 bits per heavy atom. The maximum atomic E-state index is 12.0. The van der Waals surface area contributed by atoms with Crippen LogP contribution in [-0.2, 0) is 29.6 Å². The van der Waals surface area contributed by atoms with Crippen molar-refractivity contribution in [1.82, 2.24) is 4.90 Å². The van der Waals surface area contributed by atoms with Crippen molar-refractivity contribution in [3.05, 3.63) is 16.3 Å². The summed E-state index contributed by atoms with van der Waals surface area (Å²) in [6.45, 7) is -0.383. The first-order valence-corrected chi connectivity index (χ1v) is 8.22. The van der Waals surface area contributed by atoms with Crippen LogP contribution in [0.4, 0.5) is 13.2 Å². The van der Waals surface area contributed by atoms with Gasteiger partial charge < -0.3 is 4.13 Å². The Bertz CT molecular complexity index is 667. The molecule has 0 saturated heterocycles. The quantitative estimate of drug-likeness (QED) is 0.366. The Labute approximate surface area is 136 Å². The van der Waals surface area contributed by atoms with Gasteiger partial charge in [0.2, 0.25) is 0 Å². The molecule has 22 heavy (non-hydrogen) atoms. The minimum absolute atomic E-state index is 0. The monoisotopic (exact) mass is 356 g/mol. The Morgan fingerprint density at radius 1 is 1.05 bits per heavy atom. The Hall–Kier alpha value is -0.873.